The van der Waals surface area contributed by atoms with Crippen molar-refractivity contribution in [3.8, 4) is 11.5 Å². The maximum absolute atomic E-state index is 12.8. The van der Waals surface area contributed by atoms with E-state index in [1.807, 2.05) is 31.2 Å². The summed E-state index contributed by atoms with van der Waals surface area (Å²) in [4.78, 5) is 25.7. The van der Waals surface area contributed by atoms with Gasteiger partial charge in [-0.1, -0.05) is 17.3 Å². The van der Waals surface area contributed by atoms with Crippen LogP contribution in [0, 0.1) is 0 Å². The molecule has 0 aliphatic rings. The minimum atomic E-state index is -0.258. The zero-order valence-corrected chi connectivity index (χ0v) is 17.4. The summed E-state index contributed by atoms with van der Waals surface area (Å²) in [6.07, 6.45) is 0. The number of methoxy groups -OCH3 is 1. The van der Waals surface area contributed by atoms with Crippen LogP contribution in [0.5, 0.6) is 11.5 Å². The molecule has 0 N–H and O–H groups in total. The number of aromatic nitrogens is 1. The summed E-state index contributed by atoms with van der Waals surface area (Å²) >= 11 is 0. The van der Waals surface area contributed by atoms with Gasteiger partial charge in [-0.2, -0.15) is 0 Å². The van der Waals surface area contributed by atoms with Crippen molar-refractivity contribution in [2.75, 3.05) is 14.2 Å². The summed E-state index contributed by atoms with van der Waals surface area (Å²) in [5.74, 6) is 1.49. The maximum Gasteiger partial charge on any atom is 0.276 e. The first-order chi connectivity index (χ1) is 14.4. The first kappa shape index (κ1) is 21.1. The third-order valence-corrected chi connectivity index (χ3v) is 4.90. The van der Waals surface area contributed by atoms with Gasteiger partial charge in [0.15, 0.2) is 17.2 Å². The van der Waals surface area contributed by atoms with E-state index in [1.54, 1.807) is 49.4 Å². The number of benzene rings is 2. The number of rotatable bonds is 8. The highest BCUT2D eigenvalue weighted by Crippen LogP contribution is 2.24. The van der Waals surface area contributed by atoms with E-state index in [0.717, 1.165) is 11.3 Å². The third kappa shape index (κ3) is 4.86. The molecule has 1 atom stereocenters. The molecule has 1 aromatic heterocycles. The second kappa shape index (κ2) is 9.26. The molecule has 0 fully saturated rings. The lowest BCUT2D eigenvalue weighted by Crippen LogP contribution is -2.29. The molecule has 156 valence electrons. The van der Waals surface area contributed by atoms with Crippen LogP contribution in [-0.2, 0) is 6.61 Å². The Balaban J connectivity index is 1.62. The molecule has 30 heavy (non-hydrogen) atoms. The largest absolute Gasteiger partial charge is 0.497 e. The number of amides is 1. The molecule has 7 heteroatoms. The molecule has 1 heterocycles. The standard InChI is InChI=1S/C23H24N2O5/c1-15(18-6-5-7-20(12-18)28-4)25(3)23(27)22-13-21(30-24-22)14-29-19-10-8-17(9-11-19)16(2)26/h5-13,15H,14H2,1-4H3. The Labute approximate surface area is 175 Å². The molecule has 0 aliphatic heterocycles. The van der Waals surface area contributed by atoms with Crippen molar-refractivity contribution < 1.29 is 23.6 Å². The number of hydrogen-bond donors (Lipinski definition) is 0. The fraction of sp³-hybridized carbons (Fsp3) is 0.261. The fourth-order valence-electron chi connectivity index (χ4n) is 2.90. The van der Waals surface area contributed by atoms with Crippen LogP contribution in [0.2, 0.25) is 0 Å². The van der Waals surface area contributed by atoms with E-state index in [-0.39, 0.29) is 30.0 Å². The molecule has 2 aromatic carbocycles. The van der Waals surface area contributed by atoms with Gasteiger partial charge in [-0.05, 0) is 55.8 Å². The highest BCUT2D eigenvalue weighted by atomic mass is 16.5. The molecule has 1 unspecified atom stereocenters. The number of carbonyl (C=O) groups excluding carboxylic acids is 2. The van der Waals surface area contributed by atoms with Crippen molar-refractivity contribution in [3.05, 3.63) is 77.2 Å². The summed E-state index contributed by atoms with van der Waals surface area (Å²) in [7, 11) is 3.32. The lowest BCUT2D eigenvalue weighted by atomic mass is 10.1. The summed E-state index contributed by atoms with van der Waals surface area (Å²) in [6, 6.07) is 15.8. The number of carbonyl (C=O) groups is 2. The molecule has 0 saturated carbocycles. The number of hydrogen-bond acceptors (Lipinski definition) is 6. The number of ketones is 1. The summed E-state index contributed by atoms with van der Waals surface area (Å²) < 4.78 is 16.1. The smallest absolute Gasteiger partial charge is 0.276 e. The Kier molecular flexibility index (Phi) is 6.51. The van der Waals surface area contributed by atoms with Gasteiger partial charge in [-0.3, -0.25) is 9.59 Å². The zero-order chi connectivity index (χ0) is 21.7. The van der Waals surface area contributed by atoms with Crippen LogP contribution >= 0.6 is 0 Å². The van der Waals surface area contributed by atoms with Gasteiger partial charge >= 0.3 is 0 Å². The number of Topliss-reactive ketones (excluding diaryl/α,β-unsaturated/α-hetero) is 1. The topological polar surface area (TPSA) is 81.9 Å². The van der Waals surface area contributed by atoms with Crippen molar-refractivity contribution >= 4 is 11.7 Å². The molecular formula is C23H24N2O5. The van der Waals surface area contributed by atoms with Crippen LogP contribution in [0.4, 0.5) is 0 Å². The van der Waals surface area contributed by atoms with Gasteiger partial charge in [0.25, 0.3) is 5.91 Å². The highest BCUT2D eigenvalue weighted by Gasteiger charge is 2.22. The van der Waals surface area contributed by atoms with Gasteiger partial charge in [-0.15, -0.1) is 0 Å². The van der Waals surface area contributed by atoms with Gasteiger partial charge in [0.2, 0.25) is 0 Å². The van der Waals surface area contributed by atoms with Crippen LogP contribution in [0.25, 0.3) is 0 Å². The van der Waals surface area contributed by atoms with Gasteiger partial charge in [0.05, 0.1) is 13.2 Å². The minimum Gasteiger partial charge on any atom is -0.497 e. The van der Waals surface area contributed by atoms with E-state index in [9.17, 15) is 9.59 Å². The SMILES string of the molecule is COc1cccc(C(C)N(C)C(=O)c2cc(COc3ccc(C(C)=O)cc3)on2)c1. The molecule has 0 saturated heterocycles. The second-order valence-corrected chi connectivity index (χ2v) is 6.92. The summed E-state index contributed by atoms with van der Waals surface area (Å²) in [5.41, 5.74) is 1.77. The van der Waals surface area contributed by atoms with Gasteiger partial charge in [0, 0.05) is 18.7 Å². The predicted octanol–water partition coefficient (Wildman–Crippen LogP) is 4.30. The van der Waals surface area contributed by atoms with E-state index >= 15 is 0 Å². The quantitative estimate of drug-likeness (QED) is 0.517. The van der Waals surface area contributed by atoms with Crippen LogP contribution in [-0.4, -0.2) is 35.9 Å². The van der Waals surface area contributed by atoms with Crippen LogP contribution in [0.3, 0.4) is 0 Å². The monoisotopic (exact) mass is 408 g/mol. The van der Waals surface area contributed by atoms with Gasteiger partial charge in [0.1, 0.15) is 18.1 Å². The Morgan fingerprint density at radius 3 is 2.50 bits per heavy atom. The molecule has 0 bridgehead atoms. The normalized spacial score (nSPS) is 11.6. The van der Waals surface area contributed by atoms with E-state index in [4.69, 9.17) is 14.0 Å². The molecular weight excluding hydrogens is 384 g/mol. The van der Waals surface area contributed by atoms with E-state index < -0.39 is 0 Å². The van der Waals surface area contributed by atoms with Crippen molar-refractivity contribution in [1.82, 2.24) is 10.1 Å². The van der Waals surface area contributed by atoms with E-state index in [0.29, 0.717) is 17.1 Å². The molecule has 1 amide bonds. The van der Waals surface area contributed by atoms with Gasteiger partial charge in [-0.25, -0.2) is 0 Å². The zero-order valence-electron chi connectivity index (χ0n) is 17.4. The van der Waals surface area contributed by atoms with Crippen molar-refractivity contribution in [1.29, 1.82) is 0 Å². The van der Waals surface area contributed by atoms with Crippen LogP contribution in [0.15, 0.2) is 59.1 Å². The Hall–Kier alpha value is -3.61. The number of ether oxygens (including phenoxy) is 2. The van der Waals surface area contributed by atoms with Crippen molar-refractivity contribution in [3.63, 3.8) is 0 Å². The molecule has 0 radical (unpaired) electrons. The summed E-state index contributed by atoms with van der Waals surface area (Å²) in [6.45, 7) is 3.56. The molecule has 3 rings (SSSR count). The predicted molar refractivity (Wildman–Crippen MR) is 111 cm³/mol. The summed E-state index contributed by atoms with van der Waals surface area (Å²) in [5, 5.41) is 3.88. The first-order valence-corrected chi connectivity index (χ1v) is 9.49. The third-order valence-electron chi connectivity index (χ3n) is 4.90. The molecule has 0 spiro atoms. The van der Waals surface area contributed by atoms with E-state index in [1.165, 1.54) is 6.92 Å². The molecule has 7 nitrogen and oxygen atoms in total. The van der Waals surface area contributed by atoms with Crippen molar-refractivity contribution in [2.45, 2.75) is 26.5 Å². The minimum absolute atomic E-state index is 0.00719. The fourth-order valence-corrected chi connectivity index (χ4v) is 2.90. The van der Waals surface area contributed by atoms with Gasteiger partial charge < -0.3 is 18.9 Å². The molecule has 0 aliphatic carbocycles. The van der Waals surface area contributed by atoms with E-state index in [2.05, 4.69) is 5.16 Å². The van der Waals surface area contributed by atoms with Crippen LogP contribution in [0.1, 0.15) is 52.1 Å². The molecule has 3 aromatic rings. The average molecular weight is 408 g/mol. The lowest BCUT2D eigenvalue weighted by Gasteiger charge is -2.24. The average Bonchev–Trinajstić information content (AvgIpc) is 3.25. The van der Waals surface area contributed by atoms with Crippen molar-refractivity contribution in [2.24, 2.45) is 0 Å². The maximum atomic E-state index is 12.8. The first-order valence-electron chi connectivity index (χ1n) is 9.49. The Morgan fingerprint density at radius 2 is 1.83 bits per heavy atom. The van der Waals surface area contributed by atoms with Crippen LogP contribution < -0.4 is 9.47 Å². The number of nitrogens with zero attached hydrogens (tertiary/aromatic N) is 2. The lowest BCUT2D eigenvalue weighted by molar-refractivity contribution is 0.0731. The Morgan fingerprint density at radius 1 is 1.10 bits per heavy atom. The highest BCUT2D eigenvalue weighted by molar-refractivity contribution is 5.94. The Bertz CT molecular complexity index is 1030. The second-order valence-electron chi connectivity index (χ2n) is 6.92.